The van der Waals surface area contributed by atoms with Crippen molar-refractivity contribution in [2.24, 2.45) is 0 Å². The van der Waals surface area contributed by atoms with Gasteiger partial charge in [0.05, 0.1) is 25.3 Å². The Morgan fingerprint density at radius 3 is 1.39 bits per heavy atom. The number of hydrogen-bond acceptors (Lipinski definition) is 10. The van der Waals surface area contributed by atoms with Crippen LogP contribution in [0.3, 0.4) is 0 Å². The molecule has 12 nitrogen and oxygen atoms in total. The van der Waals surface area contributed by atoms with Crippen molar-refractivity contribution in [2.75, 3.05) is 13.2 Å². The minimum Gasteiger partial charge on any atom is -0.394 e. The molecule has 2 saturated heterocycles. The number of amides is 2. The molecule has 2 fully saturated rings. The zero-order chi connectivity index (χ0) is 23.7. The Kier molecular flexibility index (Phi) is 8.27. The van der Waals surface area contributed by atoms with Crippen LogP contribution in [0.1, 0.15) is 13.8 Å². The predicted octanol–water partition coefficient (Wildman–Crippen LogP) is -4.08. The number of aliphatic hydroxyl groups excluding tert-OH is 6. The van der Waals surface area contributed by atoms with E-state index in [9.17, 15) is 40.2 Å². The van der Waals surface area contributed by atoms with Gasteiger partial charge in [-0.15, -0.1) is 0 Å². The maximum atomic E-state index is 15.6. The number of aliphatic hydroxyl groups is 6. The summed E-state index contributed by atoms with van der Waals surface area (Å²) in [5, 5.41) is 63.2. The summed E-state index contributed by atoms with van der Waals surface area (Å²) in [4.78, 5) is 23.0. The highest BCUT2D eigenvalue weighted by Crippen LogP contribution is 2.47. The number of ether oxygens (including phenoxy) is 2. The Hall–Kier alpha value is -1.52. The molecule has 0 aromatic heterocycles. The van der Waals surface area contributed by atoms with Crippen LogP contribution in [-0.2, 0) is 19.1 Å². The van der Waals surface area contributed by atoms with Crippen molar-refractivity contribution in [3.63, 3.8) is 0 Å². The first-order valence-corrected chi connectivity index (χ1v) is 9.30. The van der Waals surface area contributed by atoms with E-state index in [1.54, 1.807) is 0 Å². The van der Waals surface area contributed by atoms with Gasteiger partial charge in [0, 0.05) is 13.8 Å². The van der Waals surface area contributed by atoms with Crippen molar-refractivity contribution in [1.29, 1.82) is 0 Å². The van der Waals surface area contributed by atoms with Crippen molar-refractivity contribution < 1.29 is 58.5 Å². The molecule has 2 rings (SSSR count). The van der Waals surface area contributed by atoms with Crippen LogP contribution in [0, 0.1) is 12.2 Å². The van der Waals surface area contributed by atoms with Crippen LogP contribution in [-0.4, -0.2) is 110 Å². The smallest absolute Gasteiger partial charge is 0.315 e. The number of rotatable bonds is 6. The largest absolute Gasteiger partial charge is 0.394 e. The summed E-state index contributed by atoms with van der Waals surface area (Å²) in [7, 11) is 0. The van der Waals surface area contributed by atoms with Crippen molar-refractivity contribution in [3.8, 4) is 0 Å². The molecular weight excluding hydrogens is 430 g/mol. The van der Waals surface area contributed by atoms with Gasteiger partial charge in [0.1, 0.15) is 36.6 Å². The third-order valence-electron chi connectivity index (χ3n) is 4.96. The van der Waals surface area contributed by atoms with Crippen LogP contribution in [0.25, 0.3) is 0 Å². The number of hydrogen-bond donors (Lipinski definition) is 8. The van der Waals surface area contributed by atoms with E-state index in [2.05, 4.69) is 0 Å². The lowest BCUT2D eigenvalue weighted by Gasteiger charge is -2.49. The van der Waals surface area contributed by atoms with Crippen molar-refractivity contribution in [1.82, 2.24) is 10.6 Å². The third kappa shape index (κ3) is 5.12. The molecule has 0 aromatic carbocycles. The van der Waals surface area contributed by atoms with Crippen molar-refractivity contribution >= 4 is 11.8 Å². The second kappa shape index (κ2) is 9.95. The molecule has 178 valence electrons. The molecule has 8 N–H and O–H groups in total. The Morgan fingerprint density at radius 1 is 0.806 bits per heavy atom. The van der Waals surface area contributed by atoms with Gasteiger partial charge in [-0.2, -0.15) is 8.78 Å². The van der Waals surface area contributed by atoms with E-state index < -0.39 is 91.9 Å². The van der Waals surface area contributed by atoms with Gasteiger partial charge in [-0.1, -0.05) is 0 Å². The highest BCUT2D eigenvalue weighted by molar-refractivity contribution is 5.74. The molecule has 2 amide bonds. The number of alkyl halides is 2. The first-order chi connectivity index (χ1) is 14.4. The summed E-state index contributed by atoms with van der Waals surface area (Å²) in [6.45, 7) is -0.0362. The zero-order valence-electron chi connectivity index (χ0n) is 16.6. The first-order valence-electron chi connectivity index (χ1n) is 9.30. The second-order valence-electron chi connectivity index (χ2n) is 7.30. The normalized spacial score (nSPS) is 38.0. The van der Waals surface area contributed by atoms with E-state index in [-0.39, 0.29) is 0 Å². The minimum absolute atomic E-state index is 0.868. The average Bonchev–Trinajstić information content (AvgIpc) is 2.68. The Morgan fingerprint density at radius 2 is 1.13 bits per heavy atom. The highest BCUT2D eigenvalue weighted by Gasteiger charge is 2.65. The molecule has 2 aliphatic rings. The molecule has 31 heavy (non-hydrogen) atoms. The standard InChI is InChI=1S/C17H26F2N2O10/c1-5(24)20-9-13(28)11(26)7(3-22)30-15(9)17(18,19)16-10(21-6(2)25)14(29)12(27)8(4-23)31-16/h7-14,22-23,26-29H,3-4H2,1-2H3,(H,20,24)(H,21,25)/t7-,8-,9-,10-,11-,12-,13-,14-/m1/s1. The molecule has 14 heteroatoms. The zero-order valence-corrected chi connectivity index (χ0v) is 16.6. The summed E-state index contributed by atoms with van der Waals surface area (Å²) >= 11 is 0. The summed E-state index contributed by atoms with van der Waals surface area (Å²) in [6.07, 6.45) is -13.8. The van der Waals surface area contributed by atoms with Crippen molar-refractivity contribution in [3.05, 3.63) is 12.2 Å². The van der Waals surface area contributed by atoms with Crippen LogP contribution >= 0.6 is 0 Å². The van der Waals surface area contributed by atoms with Gasteiger partial charge in [-0.25, -0.2) is 0 Å². The molecule has 0 aliphatic carbocycles. The SMILES string of the molecule is CC(=O)N[C@H]1[C](C(F)(F)[C]2O[C@H](CO)[C@@H](O)[C@H](O)[C@H]2NC(C)=O)O[C@H](CO)[C@@H](O)[C@@H]1O. The molecule has 8 atom stereocenters. The second-order valence-corrected chi connectivity index (χ2v) is 7.30. The van der Waals surface area contributed by atoms with Gasteiger partial charge < -0.3 is 50.7 Å². The lowest BCUT2D eigenvalue weighted by Crippen LogP contribution is -2.69. The molecule has 0 bridgehead atoms. The van der Waals surface area contributed by atoms with Gasteiger partial charge in [0.15, 0.2) is 12.2 Å². The summed E-state index contributed by atoms with van der Waals surface area (Å²) in [5.41, 5.74) is 0. The molecule has 2 radical (unpaired) electrons. The summed E-state index contributed by atoms with van der Waals surface area (Å²) in [6, 6.07) is -3.95. The first kappa shape index (κ1) is 25.7. The third-order valence-corrected chi connectivity index (χ3v) is 4.96. The van der Waals surface area contributed by atoms with Gasteiger partial charge in [-0.05, 0) is 0 Å². The number of nitrogens with one attached hydrogen (secondary N) is 2. The maximum Gasteiger partial charge on any atom is 0.315 e. The van der Waals surface area contributed by atoms with Crippen LogP contribution in [0.5, 0.6) is 0 Å². The average molecular weight is 456 g/mol. The number of carbonyl (C=O) groups excluding carboxylic acids is 2. The topological polar surface area (TPSA) is 198 Å². The fourth-order valence-electron chi connectivity index (χ4n) is 3.45. The predicted molar refractivity (Wildman–Crippen MR) is 94.6 cm³/mol. The lowest BCUT2D eigenvalue weighted by atomic mass is 9.82. The number of carbonyl (C=O) groups is 2. The van der Waals surface area contributed by atoms with E-state index in [1.807, 2.05) is 10.6 Å². The molecule has 0 aromatic rings. The Bertz CT molecular complexity index is 604. The van der Waals surface area contributed by atoms with Crippen LogP contribution in [0.15, 0.2) is 0 Å². The molecule has 2 heterocycles. The van der Waals surface area contributed by atoms with Gasteiger partial charge in [-0.3, -0.25) is 9.59 Å². The van der Waals surface area contributed by atoms with Gasteiger partial charge in [0.2, 0.25) is 11.8 Å². The van der Waals surface area contributed by atoms with Crippen LogP contribution in [0.4, 0.5) is 8.78 Å². The summed E-state index contributed by atoms with van der Waals surface area (Å²) < 4.78 is 41.3. The fraction of sp³-hybridized carbons (Fsp3) is 0.765. The quantitative estimate of drug-likeness (QED) is 0.194. The lowest BCUT2D eigenvalue weighted by molar-refractivity contribution is -0.239. The van der Waals surface area contributed by atoms with E-state index in [4.69, 9.17) is 9.47 Å². The molecule has 0 spiro atoms. The van der Waals surface area contributed by atoms with E-state index >= 15 is 8.78 Å². The maximum absolute atomic E-state index is 15.6. The molecule has 0 saturated carbocycles. The van der Waals surface area contributed by atoms with Gasteiger partial charge >= 0.3 is 5.92 Å². The monoisotopic (exact) mass is 456 g/mol. The molecular formula is C17H26F2N2O10. The Balaban J connectivity index is 2.48. The minimum atomic E-state index is -4.36. The molecule has 2 aliphatic heterocycles. The molecule has 0 unspecified atom stereocenters. The Labute approximate surface area is 175 Å². The van der Waals surface area contributed by atoms with Crippen molar-refractivity contribution in [2.45, 2.75) is 68.5 Å². The van der Waals surface area contributed by atoms with Gasteiger partial charge in [0.25, 0.3) is 0 Å². The van der Waals surface area contributed by atoms with E-state index in [0.717, 1.165) is 13.8 Å². The van der Waals surface area contributed by atoms with Crippen LogP contribution < -0.4 is 10.6 Å². The number of halogens is 2. The van der Waals surface area contributed by atoms with E-state index in [0.29, 0.717) is 0 Å². The summed E-state index contributed by atoms with van der Waals surface area (Å²) in [5.74, 6) is -6.09. The van der Waals surface area contributed by atoms with E-state index in [1.165, 1.54) is 0 Å². The van der Waals surface area contributed by atoms with Crippen LogP contribution in [0.2, 0.25) is 0 Å². The fourth-order valence-corrected chi connectivity index (χ4v) is 3.45. The highest BCUT2D eigenvalue weighted by atomic mass is 19.3.